The summed E-state index contributed by atoms with van der Waals surface area (Å²) in [6, 6.07) is 4.37. The summed E-state index contributed by atoms with van der Waals surface area (Å²) in [5, 5.41) is 19.2. The van der Waals surface area contributed by atoms with E-state index in [0.717, 1.165) is 11.7 Å². The van der Waals surface area contributed by atoms with Crippen molar-refractivity contribution >= 4 is 11.5 Å². The molecule has 2 atom stereocenters. The van der Waals surface area contributed by atoms with Gasteiger partial charge in [0.2, 0.25) is 0 Å². The van der Waals surface area contributed by atoms with Crippen molar-refractivity contribution in [2.75, 3.05) is 5.32 Å². The lowest BCUT2D eigenvalue weighted by molar-refractivity contribution is 0.316. The highest BCUT2D eigenvalue weighted by Gasteiger charge is 2.23. The number of aromatic nitrogens is 5. The summed E-state index contributed by atoms with van der Waals surface area (Å²) < 4.78 is 1.46. The number of hydrogen-bond donors (Lipinski definition) is 1. The van der Waals surface area contributed by atoms with Crippen LogP contribution in [-0.2, 0) is 0 Å². The number of tetrazole rings is 1. The van der Waals surface area contributed by atoms with Crippen molar-refractivity contribution in [2.45, 2.75) is 45.1 Å². The minimum atomic E-state index is 0.533. The smallest absolute Gasteiger partial charge is 0.200 e. The molecule has 0 bridgehead atoms. The van der Waals surface area contributed by atoms with Crippen LogP contribution in [-0.4, -0.2) is 31.3 Å². The maximum atomic E-state index is 4.37. The Morgan fingerprint density at radius 3 is 3.11 bits per heavy atom. The number of hydrogen-bond acceptors (Lipinski definition) is 5. The van der Waals surface area contributed by atoms with Crippen LogP contribution in [0.25, 0.3) is 5.65 Å². The van der Waals surface area contributed by atoms with Crippen molar-refractivity contribution in [3.05, 3.63) is 12.1 Å². The Labute approximate surface area is 106 Å². The molecule has 1 aliphatic rings. The number of anilines is 1. The normalized spacial score (nSPS) is 24.3. The van der Waals surface area contributed by atoms with Crippen molar-refractivity contribution in [1.29, 1.82) is 0 Å². The van der Waals surface area contributed by atoms with Gasteiger partial charge in [0.25, 0.3) is 0 Å². The minimum Gasteiger partial charge on any atom is -0.366 e. The molecule has 0 aliphatic heterocycles. The Balaban J connectivity index is 1.77. The van der Waals surface area contributed by atoms with Crippen molar-refractivity contribution in [2.24, 2.45) is 5.92 Å². The van der Waals surface area contributed by atoms with Gasteiger partial charge < -0.3 is 5.32 Å². The zero-order valence-corrected chi connectivity index (χ0v) is 10.6. The molecule has 0 saturated heterocycles. The summed E-state index contributed by atoms with van der Waals surface area (Å²) in [4.78, 5) is 0. The van der Waals surface area contributed by atoms with E-state index in [0.29, 0.717) is 11.7 Å². The van der Waals surface area contributed by atoms with Gasteiger partial charge in [-0.15, -0.1) is 14.8 Å². The number of nitrogens with zero attached hydrogens (tertiary/aromatic N) is 5. The van der Waals surface area contributed by atoms with Crippen LogP contribution in [0.3, 0.4) is 0 Å². The van der Waals surface area contributed by atoms with E-state index in [1.807, 2.05) is 12.1 Å². The third-order valence-electron chi connectivity index (χ3n) is 3.84. The average Bonchev–Trinajstić information content (AvgIpc) is 2.87. The molecule has 0 amide bonds. The number of rotatable bonds is 3. The van der Waals surface area contributed by atoms with Crippen molar-refractivity contribution in [3.8, 4) is 0 Å². The molecule has 1 saturated carbocycles. The summed E-state index contributed by atoms with van der Waals surface area (Å²) in [5.41, 5.74) is 0.677. The topological polar surface area (TPSA) is 68.0 Å². The molecule has 0 unspecified atom stereocenters. The Kier molecular flexibility index (Phi) is 3.08. The van der Waals surface area contributed by atoms with Gasteiger partial charge in [-0.2, -0.15) is 0 Å². The molecule has 96 valence electrons. The molecule has 0 radical (unpaired) electrons. The maximum Gasteiger partial charge on any atom is 0.200 e. The van der Waals surface area contributed by atoms with Crippen LogP contribution >= 0.6 is 0 Å². The second-order valence-electron chi connectivity index (χ2n) is 4.95. The van der Waals surface area contributed by atoms with E-state index in [9.17, 15) is 0 Å². The predicted molar refractivity (Wildman–Crippen MR) is 68.2 cm³/mol. The molecule has 3 rings (SSSR count). The van der Waals surface area contributed by atoms with E-state index in [1.54, 1.807) is 0 Å². The molecular formula is C12H18N6. The molecule has 2 aromatic heterocycles. The van der Waals surface area contributed by atoms with E-state index < -0.39 is 0 Å². The van der Waals surface area contributed by atoms with E-state index >= 15 is 0 Å². The van der Waals surface area contributed by atoms with Gasteiger partial charge in [0.1, 0.15) is 5.82 Å². The minimum absolute atomic E-state index is 0.533. The van der Waals surface area contributed by atoms with Crippen LogP contribution in [0.4, 0.5) is 5.82 Å². The maximum absolute atomic E-state index is 4.37. The first kappa shape index (κ1) is 11.4. The molecule has 0 spiro atoms. The molecule has 2 heterocycles. The first-order valence-corrected chi connectivity index (χ1v) is 6.69. The van der Waals surface area contributed by atoms with Crippen LogP contribution in [0.5, 0.6) is 0 Å². The van der Waals surface area contributed by atoms with E-state index in [1.165, 1.54) is 36.7 Å². The Hall–Kier alpha value is -1.72. The SMILES string of the molecule is CC[C@H]1CCCC[C@H]1Nc1ccc2nnnn2n1. The van der Waals surface area contributed by atoms with Crippen LogP contribution in [0.1, 0.15) is 39.0 Å². The highest BCUT2D eigenvalue weighted by Crippen LogP contribution is 2.28. The molecule has 1 fully saturated rings. The summed E-state index contributed by atoms with van der Waals surface area (Å²) in [6.45, 7) is 2.27. The van der Waals surface area contributed by atoms with Crippen molar-refractivity contribution < 1.29 is 0 Å². The lowest BCUT2D eigenvalue weighted by Crippen LogP contribution is -2.32. The van der Waals surface area contributed by atoms with Gasteiger partial charge in [-0.1, -0.05) is 26.2 Å². The average molecular weight is 246 g/mol. The Morgan fingerprint density at radius 2 is 2.22 bits per heavy atom. The van der Waals surface area contributed by atoms with Gasteiger partial charge in [0.15, 0.2) is 5.65 Å². The van der Waals surface area contributed by atoms with Gasteiger partial charge in [-0.3, -0.25) is 0 Å². The van der Waals surface area contributed by atoms with Gasteiger partial charge in [-0.25, -0.2) is 0 Å². The number of nitrogens with one attached hydrogen (secondary N) is 1. The predicted octanol–water partition coefficient (Wildman–Crippen LogP) is 1.90. The summed E-state index contributed by atoms with van der Waals surface area (Å²) in [6.07, 6.45) is 6.44. The van der Waals surface area contributed by atoms with Crippen LogP contribution < -0.4 is 5.32 Å². The van der Waals surface area contributed by atoms with E-state index in [4.69, 9.17) is 0 Å². The highest BCUT2D eigenvalue weighted by molar-refractivity contribution is 5.42. The molecule has 6 heteroatoms. The fourth-order valence-electron chi connectivity index (χ4n) is 2.80. The standard InChI is InChI=1S/C12H18N6/c1-2-9-5-3-4-6-10(9)13-11-7-8-12-14-16-17-18(12)15-11/h7-10H,2-6H2,1H3,(H,13,15)/t9-,10+/m0/s1. The zero-order valence-electron chi connectivity index (χ0n) is 10.6. The molecule has 1 N–H and O–H groups in total. The van der Waals surface area contributed by atoms with E-state index in [2.05, 4.69) is 32.9 Å². The molecule has 18 heavy (non-hydrogen) atoms. The highest BCUT2D eigenvalue weighted by atomic mass is 15.6. The summed E-state index contributed by atoms with van der Waals surface area (Å²) in [5.74, 6) is 1.62. The van der Waals surface area contributed by atoms with Crippen LogP contribution in [0, 0.1) is 5.92 Å². The van der Waals surface area contributed by atoms with Gasteiger partial charge in [0.05, 0.1) is 0 Å². The lowest BCUT2D eigenvalue weighted by atomic mass is 9.83. The van der Waals surface area contributed by atoms with Crippen LogP contribution in [0.15, 0.2) is 12.1 Å². The van der Waals surface area contributed by atoms with Crippen molar-refractivity contribution in [1.82, 2.24) is 25.3 Å². The first-order valence-electron chi connectivity index (χ1n) is 6.69. The third kappa shape index (κ3) is 2.14. The fourth-order valence-corrected chi connectivity index (χ4v) is 2.80. The molecular weight excluding hydrogens is 228 g/mol. The molecule has 2 aromatic rings. The lowest BCUT2D eigenvalue weighted by Gasteiger charge is -2.31. The monoisotopic (exact) mass is 246 g/mol. The Bertz CT molecular complexity index is 522. The van der Waals surface area contributed by atoms with Gasteiger partial charge >= 0.3 is 0 Å². The fraction of sp³-hybridized carbons (Fsp3) is 0.667. The summed E-state index contributed by atoms with van der Waals surface area (Å²) in [7, 11) is 0. The zero-order chi connectivity index (χ0) is 12.4. The Morgan fingerprint density at radius 1 is 1.33 bits per heavy atom. The summed E-state index contributed by atoms with van der Waals surface area (Å²) >= 11 is 0. The van der Waals surface area contributed by atoms with E-state index in [-0.39, 0.29) is 0 Å². The third-order valence-corrected chi connectivity index (χ3v) is 3.84. The molecule has 0 aromatic carbocycles. The van der Waals surface area contributed by atoms with Gasteiger partial charge in [-0.05, 0) is 41.3 Å². The second-order valence-corrected chi connectivity index (χ2v) is 4.95. The molecule has 6 nitrogen and oxygen atoms in total. The quantitative estimate of drug-likeness (QED) is 0.895. The first-order chi connectivity index (χ1) is 8.86. The molecule has 1 aliphatic carbocycles. The second kappa shape index (κ2) is 4.88. The van der Waals surface area contributed by atoms with Gasteiger partial charge in [0, 0.05) is 6.04 Å². The largest absolute Gasteiger partial charge is 0.366 e. The van der Waals surface area contributed by atoms with Crippen LogP contribution in [0.2, 0.25) is 0 Å². The van der Waals surface area contributed by atoms with Crippen molar-refractivity contribution in [3.63, 3.8) is 0 Å². The number of fused-ring (bicyclic) bond motifs is 1.